The van der Waals surface area contributed by atoms with Gasteiger partial charge in [0.15, 0.2) is 0 Å². The molecule has 0 aliphatic rings. The molecule has 0 unspecified atom stereocenters. The van der Waals surface area contributed by atoms with Gasteiger partial charge in [0, 0.05) is 27.4 Å². The van der Waals surface area contributed by atoms with E-state index in [4.69, 9.17) is 13.3 Å². The van der Waals surface area contributed by atoms with Crippen molar-refractivity contribution < 1.29 is 13.3 Å². The van der Waals surface area contributed by atoms with E-state index in [1.54, 1.807) is 21.3 Å². The fraction of sp³-hybridized carbons (Fsp3) is 1.00. The molecule has 0 spiro atoms. The van der Waals surface area contributed by atoms with Crippen molar-refractivity contribution >= 4 is 31.3 Å². The van der Waals surface area contributed by atoms with E-state index in [-0.39, 0.29) is 7.02 Å². The zero-order valence-electron chi connectivity index (χ0n) is 13.6. The monoisotopic (exact) mass is 326 g/mol. The second kappa shape index (κ2) is 7.11. The van der Waals surface area contributed by atoms with Crippen LogP contribution in [-0.4, -0.2) is 51.8 Å². The molecule has 0 fully saturated rings. The van der Waals surface area contributed by atoms with Crippen LogP contribution in [0, 0.1) is 0 Å². The van der Waals surface area contributed by atoms with Crippen LogP contribution in [0.25, 0.3) is 0 Å². The minimum absolute atomic E-state index is 0.148. The summed E-state index contributed by atoms with van der Waals surface area (Å²) in [6.07, 6.45) is 1.25. The van der Waals surface area contributed by atoms with E-state index in [0.717, 1.165) is 6.04 Å². The van der Waals surface area contributed by atoms with Crippen LogP contribution in [0.5, 0.6) is 0 Å². The fourth-order valence-electron chi connectivity index (χ4n) is 2.48. The Morgan fingerprint density at radius 2 is 1.06 bits per heavy atom. The standard InChI is InChI=1S/C11H31O3PSi3/c1-12-18(13-2,14-3)11-10-15(16(4,5)6)17(7,8)9/h10-11H2,1-9H3. The highest BCUT2D eigenvalue weighted by Gasteiger charge is 2.42. The smallest absolute Gasteiger partial charge is 0.377 e. The quantitative estimate of drug-likeness (QED) is 0.498. The lowest BCUT2D eigenvalue weighted by molar-refractivity contribution is 0.125. The maximum atomic E-state index is 5.55. The predicted octanol–water partition coefficient (Wildman–Crippen LogP) is 4.02. The molecule has 0 N–H and O–H groups in total. The van der Waals surface area contributed by atoms with Crippen LogP contribution in [0.4, 0.5) is 0 Å². The van der Waals surface area contributed by atoms with Crippen LogP contribution in [0.15, 0.2) is 0 Å². The largest absolute Gasteiger partial charge is 0.500 e. The van der Waals surface area contributed by atoms with Gasteiger partial charge in [-0.3, -0.25) is 0 Å². The van der Waals surface area contributed by atoms with E-state index in [9.17, 15) is 0 Å². The molecule has 18 heavy (non-hydrogen) atoms. The van der Waals surface area contributed by atoms with E-state index in [0.29, 0.717) is 0 Å². The van der Waals surface area contributed by atoms with Crippen molar-refractivity contribution in [3.63, 3.8) is 0 Å². The highest BCUT2D eigenvalue weighted by atomic mass is 31.6. The fourth-order valence-corrected chi connectivity index (χ4v) is 39.1. The van der Waals surface area contributed by atoms with E-state index >= 15 is 0 Å². The average Bonchev–Trinajstić information content (AvgIpc) is 2.21. The molecule has 0 rings (SSSR count). The summed E-state index contributed by atoms with van der Waals surface area (Å²) < 4.78 is 16.6. The number of rotatable bonds is 8. The average molecular weight is 327 g/mol. The van der Waals surface area contributed by atoms with Gasteiger partial charge in [0.25, 0.3) is 0 Å². The van der Waals surface area contributed by atoms with Gasteiger partial charge in [0.05, 0.1) is 15.5 Å². The van der Waals surface area contributed by atoms with Crippen LogP contribution < -0.4 is 0 Å². The lowest BCUT2D eigenvalue weighted by atomic mass is 11.0. The minimum atomic E-state index is -2.38. The van der Waals surface area contributed by atoms with Gasteiger partial charge < -0.3 is 13.3 Å². The Hall–Kier alpha value is 0.961. The first-order valence-electron chi connectivity index (χ1n) is 6.45. The molecule has 0 saturated carbocycles. The molecule has 0 aliphatic heterocycles. The summed E-state index contributed by atoms with van der Waals surface area (Å²) in [5.74, 6) is 0. The van der Waals surface area contributed by atoms with Crippen molar-refractivity contribution in [2.75, 3.05) is 27.5 Å². The molecule has 0 heterocycles. The van der Waals surface area contributed by atoms with Crippen LogP contribution in [-0.2, 0) is 13.3 Å². The highest BCUT2D eigenvalue weighted by Crippen LogP contribution is 2.55. The Bertz CT molecular complexity index is 225. The molecule has 0 atom stereocenters. The Morgan fingerprint density at radius 3 is 1.28 bits per heavy atom. The summed E-state index contributed by atoms with van der Waals surface area (Å²) in [6.45, 7) is 15.0. The molecule has 110 valence electrons. The Labute approximate surface area is 117 Å². The van der Waals surface area contributed by atoms with Crippen LogP contribution in [0.3, 0.4) is 0 Å². The van der Waals surface area contributed by atoms with Crippen molar-refractivity contribution in [3.8, 4) is 0 Å². The summed E-state index contributed by atoms with van der Waals surface area (Å²) in [5.41, 5.74) is 0. The summed E-state index contributed by atoms with van der Waals surface area (Å²) in [6, 6.07) is 0.969. The second-order valence-corrected chi connectivity index (χ2v) is 32.2. The molecule has 7 heteroatoms. The predicted molar refractivity (Wildman–Crippen MR) is 90.1 cm³/mol. The highest BCUT2D eigenvalue weighted by molar-refractivity contribution is 8.18. The van der Waals surface area contributed by atoms with Gasteiger partial charge in [-0.25, -0.2) is 0 Å². The molecule has 0 amide bonds. The summed E-state index contributed by atoms with van der Waals surface area (Å²) in [4.78, 5) is 0. The van der Waals surface area contributed by atoms with Crippen molar-refractivity contribution in [2.45, 2.75) is 45.3 Å². The second-order valence-electron chi connectivity index (χ2n) is 6.54. The normalized spacial score (nSPS) is 14.3. The maximum Gasteiger partial charge on any atom is 0.500 e. The first-order chi connectivity index (χ1) is 8.02. The van der Waals surface area contributed by atoms with E-state index in [1.165, 1.54) is 6.16 Å². The molecule has 0 bridgehead atoms. The first-order valence-corrected chi connectivity index (χ1v) is 18.6. The van der Waals surface area contributed by atoms with Gasteiger partial charge in [-0.2, -0.15) is 0 Å². The SMILES string of the molecule is CO[Si](CCP([Si](C)(C)C)[Si](C)(C)C)(OC)OC. The van der Waals surface area contributed by atoms with Crippen LogP contribution in [0.1, 0.15) is 0 Å². The third kappa shape index (κ3) is 5.53. The van der Waals surface area contributed by atoms with Crippen LogP contribution in [0.2, 0.25) is 45.3 Å². The third-order valence-corrected chi connectivity index (χ3v) is 33.4. The van der Waals surface area contributed by atoms with Crippen molar-refractivity contribution in [2.24, 2.45) is 0 Å². The van der Waals surface area contributed by atoms with Gasteiger partial charge in [0.2, 0.25) is 0 Å². The molecule has 0 aliphatic carbocycles. The van der Waals surface area contributed by atoms with E-state index < -0.39 is 24.3 Å². The zero-order chi connectivity index (χ0) is 14.6. The van der Waals surface area contributed by atoms with Gasteiger partial charge in [-0.05, 0) is 6.16 Å². The van der Waals surface area contributed by atoms with Gasteiger partial charge >= 0.3 is 8.80 Å². The molecule has 0 aromatic heterocycles. The summed E-state index contributed by atoms with van der Waals surface area (Å²) in [7, 11) is 0.754. The summed E-state index contributed by atoms with van der Waals surface area (Å²) >= 11 is 0. The molecule has 0 saturated heterocycles. The molecular weight excluding hydrogens is 295 g/mol. The summed E-state index contributed by atoms with van der Waals surface area (Å²) in [5, 5.41) is 0. The molecule has 0 aromatic carbocycles. The number of hydrogen-bond donors (Lipinski definition) is 0. The van der Waals surface area contributed by atoms with E-state index in [2.05, 4.69) is 39.3 Å². The third-order valence-electron chi connectivity index (χ3n) is 3.19. The van der Waals surface area contributed by atoms with Crippen molar-refractivity contribution in [3.05, 3.63) is 0 Å². The van der Waals surface area contributed by atoms with Crippen LogP contribution >= 0.6 is 7.02 Å². The number of hydrogen-bond acceptors (Lipinski definition) is 3. The van der Waals surface area contributed by atoms with Gasteiger partial charge in [-0.15, -0.1) is 7.02 Å². The lowest BCUT2D eigenvalue weighted by Crippen LogP contribution is -2.45. The van der Waals surface area contributed by atoms with Gasteiger partial charge in [0.1, 0.15) is 0 Å². The Kier molecular flexibility index (Phi) is 7.49. The Morgan fingerprint density at radius 1 is 0.722 bits per heavy atom. The minimum Gasteiger partial charge on any atom is -0.377 e. The lowest BCUT2D eigenvalue weighted by Gasteiger charge is -2.40. The Balaban J connectivity index is 4.83. The molecule has 0 aromatic rings. The van der Waals surface area contributed by atoms with Crippen molar-refractivity contribution in [1.29, 1.82) is 0 Å². The maximum absolute atomic E-state index is 5.55. The van der Waals surface area contributed by atoms with Crippen molar-refractivity contribution in [1.82, 2.24) is 0 Å². The molecular formula is C11H31O3PSi3. The topological polar surface area (TPSA) is 27.7 Å². The van der Waals surface area contributed by atoms with Gasteiger partial charge in [-0.1, -0.05) is 39.3 Å². The first kappa shape index (κ1) is 19.0. The molecule has 3 nitrogen and oxygen atoms in total. The zero-order valence-corrected chi connectivity index (χ0v) is 17.5. The molecule has 0 radical (unpaired) electrons. The van der Waals surface area contributed by atoms with E-state index in [1.807, 2.05) is 0 Å².